The molecular weight excluding hydrogens is 260 g/mol. The summed E-state index contributed by atoms with van der Waals surface area (Å²) in [4.78, 5) is 2.51. The van der Waals surface area contributed by atoms with Crippen LogP contribution in [0.15, 0.2) is 42.5 Å². The van der Waals surface area contributed by atoms with E-state index in [2.05, 4.69) is 50.7 Å². The van der Waals surface area contributed by atoms with Gasteiger partial charge >= 0.3 is 0 Å². The van der Waals surface area contributed by atoms with Crippen LogP contribution in [-0.4, -0.2) is 34.2 Å². The Morgan fingerprint density at radius 2 is 2.00 bits per heavy atom. The fourth-order valence-corrected chi connectivity index (χ4v) is 2.84. The molecule has 1 saturated heterocycles. The minimum Gasteiger partial charge on any atom is -0.365 e. The molecule has 3 rings (SSSR count). The first-order chi connectivity index (χ1) is 10.3. The quantitative estimate of drug-likeness (QED) is 0.936. The summed E-state index contributed by atoms with van der Waals surface area (Å²) in [6.07, 6.45) is 2.42. The van der Waals surface area contributed by atoms with Gasteiger partial charge in [-0.25, -0.2) is 0 Å². The molecule has 2 heterocycles. The second-order valence-corrected chi connectivity index (χ2v) is 5.76. The number of anilines is 1. The maximum Gasteiger partial charge on any atom is 0.148 e. The van der Waals surface area contributed by atoms with Crippen LogP contribution in [0.3, 0.4) is 0 Å². The molecule has 1 aromatic heterocycles. The predicted octanol–water partition coefficient (Wildman–Crippen LogP) is 2.86. The highest BCUT2D eigenvalue weighted by molar-refractivity contribution is 5.34. The third kappa shape index (κ3) is 4.02. The van der Waals surface area contributed by atoms with Crippen LogP contribution in [0.25, 0.3) is 0 Å². The maximum absolute atomic E-state index is 4.20. The van der Waals surface area contributed by atoms with Gasteiger partial charge in [0.1, 0.15) is 5.82 Å². The Labute approximate surface area is 126 Å². The molecule has 0 saturated carbocycles. The normalized spacial score (nSPS) is 19.4. The monoisotopic (exact) mass is 282 g/mol. The molecule has 0 amide bonds. The van der Waals surface area contributed by atoms with E-state index in [0.29, 0.717) is 6.04 Å². The molecule has 21 heavy (non-hydrogen) atoms. The number of nitrogens with zero attached hydrogens (tertiary/aromatic N) is 3. The zero-order valence-electron chi connectivity index (χ0n) is 12.5. The van der Waals surface area contributed by atoms with Crippen LogP contribution in [0, 0.1) is 6.92 Å². The van der Waals surface area contributed by atoms with Gasteiger partial charge in [-0.05, 0) is 44.0 Å². The summed E-state index contributed by atoms with van der Waals surface area (Å²) in [5, 5.41) is 11.8. The molecule has 4 nitrogen and oxygen atoms in total. The van der Waals surface area contributed by atoms with Gasteiger partial charge in [0, 0.05) is 19.1 Å². The van der Waals surface area contributed by atoms with E-state index in [4.69, 9.17) is 0 Å². The van der Waals surface area contributed by atoms with Crippen LogP contribution in [0.4, 0.5) is 5.82 Å². The first kappa shape index (κ1) is 14.0. The van der Waals surface area contributed by atoms with E-state index in [0.717, 1.165) is 24.6 Å². The summed E-state index contributed by atoms with van der Waals surface area (Å²) in [5.41, 5.74) is 2.34. The van der Waals surface area contributed by atoms with Crippen LogP contribution in [0.5, 0.6) is 0 Å². The maximum atomic E-state index is 4.20. The lowest BCUT2D eigenvalue weighted by molar-refractivity contribution is 0.208. The molecule has 0 bridgehead atoms. The average molecular weight is 282 g/mol. The Morgan fingerprint density at radius 1 is 1.14 bits per heavy atom. The Balaban J connectivity index is 1.57. The molecule has 110 valence electrons. The Bertz CT molecular complexity index is 553. The number of nitrogens with one attached hydrogen (secondary N) is 1. The second kappa shape index (κ2) is 6.68. The van der Waals surface area contributed by atoms with Gasteiger partial charge in [-0.3, -0.25) is 4.90 Å². The van der Waals surface area contributed by atoms with Crippen LogP contribution >= 0.6 is 0 Å². The largest absolute Gasteiger partial charge is 0.365 e. The number of aryl methyl sites for hydroxylation is 1. The highest BCUT2D eigenvalue weighted by Gasteiger charge is 2.20. The third-order valence-corrected chi connectivity index (χ3v) is 3.90. The molecule has 1 fully saturated rings. The van der Waals surface area contributed by atoms with Gasteiger partial charge in [-0.1, -0.05) is 30.3 Å². The SMILES string of the molecule is Cc1ccc(NC2CCCN(Cc3ccccc3)C2)nn1. The lowest BCUT2D eigenvalue weighted by Gasteiger charge is -2.33. The van der Waals surface area contributed by atoms with Crippen molar-refractivity contribution in [1.29, 1.82) is 0 Å². The van der Waals surface area contributed by atoms with Crippen molar-refractivity contribution in [3.63, 3.8) is 0 Å². The summed E-state index contributed by atoms with van der Waals surface area (Å²) in [5.74, 6) is 0.882. The van der Waals surface area contributed by atoms with E-state index < -0.39 is 0 Å². The molecule has 4 heteroatoms. The predicted molar refractivity (Wildman–Crippen MR) is 85.1 cm³/mol. The van der Waals surface area contributed by atoms with Crippen LogP contribution in [0.2, 0.25) is 0 Å². The van der Waals surface area contributed by atoms with Gasteiger partial charge in [0.15, 0.2) is 0 Å². The minimum absolute atomic E-state index is 0.458. The fourth-order valence-electron chi connectivity index (χ4n) is 2.84. The molecule has 1 aliphatic heterocycles. The number of hydrogen-bond donors (Lipinski definition) is 1. The smallest absolute Gasteiger partial charge is 0.148 e. The minimum atomic E-state index is 0.458. The van der Waals surface area contributed by atoms with Crippen LogP contribution in [0.1, 0.15) is 24.1 Å². The molecule has 1 N–H and O–H groups in total. The number of aromatic nitrogens is 2. The molecular formula is C17H22N4. The second-order valence-electron chi connectivity index (χ2n) is 5.76. The van der Waals surface area contributed by atoms with Crippen molar-refractivity contribution in [3.8, 4) is 0 Å². The van der Waals surface area contributed by atoms with Gasteiger partial charge in [-0.15, -0.1) is 5.10 Å². The van der Waals surface area contributed by atoms with Crippen molar-refractivity contribution in [3.05, 3.63) is 53.7 Å². The van der Waals surface area contributed by atoms with E-state index in [1.54, 1.807) is 0 Å². The van der Waals surface area contributed by atoms with Crippen molar-refractivity contribution in [2.24, 2.45) is 0 Å². The van der Waals surface area contributed by atoms with E-state index >= 15 is 0 Å². The number of hydrogen-bond acceptors (Lipinski definition) is 4. The summed E-state index contributed by atoms with van der Waals surface area (Å²) in [6, 6.07) is 15.1. The zero-order valence-corrected chi connectivity index (χ0v) is 12.5. The van der Waals surface area contributed by atoms with Gasteiger partial charge < -0.3 is 5.32 Å². The lowest BCUT2D eigenvalue weighted by Crippen LogP contribution is -2.41. The van der Waals surface area contributed by atoms with Crippen LogP contribution < -0.4 is 5.32 Å². The zero-order chi connectivity index (χ0) is 14.5. The molecule has 0 radical (unpaired) electrons. The van der Waals surface area contributed by atoms with Crippen molar-refractivity contribution in [2.45, 2.75) is 32.4 Å². The van der Waals surface area contributed by atoms with E-state index in [1.165, 1.54) is 24.9 Å². The van der Waals surface area contributed by atoms with E-state index in [-0.39, 0.29) is 0 Å². The highest BCUT2D eigenvalue weighted by atomic mass is 15.2. The van der Waals surface area contributed by atoms with Gasteiger partial charge in [-0.2, -0.15) is 5.10 Å². The molecule has 0 aliphatic carbocycles. The lowest BCUT2D eigenvalue weighted by atomic mass is 10.0. The first-order valence-electron chi connectivity index (χ1n) is 7.63. The molecule has 1 atom stereocenters. The average Bonchev–Trinajstić information content (AvgIpc) is 2.51. The summed E-state index contributed by atoms with van der Waals surface area (Å²) >= 11 is 0. The number of piperidine rings is 1. The number of benzene rings is 1. The van der Waals surface area contributed by atoms with Crippen molar-refractivity contribution >= 4 is 5.82 Å². The molecule has 1 aliphatic rings. The van der Waals surface area contributed by atoms with Gasteiger partial charge in [0.2, 0.25) is 0 Å². The van der Waals surface area contributed by atoms with Crippen molar-refractivity contribution in [2.75, 3.05) is 18.4 Å². The Hall–Kier alpha value is -1.94. The molecule has 0 spiro atoms. The van der Waals surface area contributed by atoms with E-state index in [9.17, 15) is 0 Å². The van der Waals surface area contributed by atoms with Crippen molar-refractivity contribution in [1.82, 2.24) is 15.1 Å². The molecule has 1 aromatic carbocycles. The molecule has 2 aromatic rings. The standard InChI is InChI=1S/C17H22N4/c1-14-9-10-17(20-19-14)18-16-8-5-11-21(13-16)12-15-6-3-2-4-7-15/h2-4,6-7,9-10,16H,5,8,11-13H2,1H3,(H,18,20). The van der Waals surface area contributed by atoms with Gasteiger partial charge in [0.25, 0.3) is 0 Å². The summed E-state index contributed by atoms with van der Waals surface area (Å²) in [6.45, 7) is 5.22. The summed E-state index contributed by atoms with van der Waals surface area (Å²) < 4.78 is 0. The number of likely N-dealkylation sites (tertiary alicyclic amines) is 1. The summed E-state index contributed by atoms with van der Waals surface area (Å²) in [7, 11) is 0. The van der Waals surface area contributed by atoms with Crippen LogP contribution in [-0.2, 0) is 6.54 Å². The molecule has 1 unspecified atom stereocenters. The third-order valence-electron chi connectivity index (χ3n) is 3.90. The fraction of sp³-hybridized carbons (Fsp3) is 0.412. The first-order valence-corrected chi connectivity index (χ1v) is 7.63. The van der Waals surface area contributed by atoms with Crippen molar-refractivity contribution < 1.29 is 0 Å². The topological polar surface area (TPSA) is 41.0 Å². The van der Waals surface area contributed by atoms with Gasteiger partial charge in [0.05, 0.1) is 5.69 Å². The number of rotatable bonds is 4. The Morgan fingerprint density at radius 3 is 2.76 bits per heavy atom. The highest BCUT2D eigenvalue weighted by Crippen LogP contribution is 2.16. The van der Waals surface area contributed by atoms with E-state index in [1.807, 2.05) is 19.1 Å². The Kier molecular flexibility index (Phi) is 4.46.